The molecule has 112 valence electrons. The van der Waals surface area contributed by atoms with E-state index in [1.54, 1.807) is 24.3 Å². The van der Waals surface area contributed by atoms with E-state index in [0.717, 1.165) is 5.56 Å². The van der Waals surface area contributed by atoms with Gasteiger partial charge in [-0.2, -0.15) is 0 Å². The van der Waals surface area contributed by atoms with Crippen LogP contribution in [0.5, 0.6) is 5.75 Å². The quantitative estimate of drug-likeness (QED) is 0.854. The van der Waals surface area contributed by atoms with Crippen molar-refractivity contribution in [3.05, 3.63) is 64.7 Å². The SMILES string of the molecule is CC(C)c1ccc(CC(O)COc2ccc(Cl)cc2)cc1. The number of ether oxygens (including phenoxy) is 1. The summed E-state index contributed by atoms with van der Waals surface area (Å²) in [6.45, 7) is 4.61. The Kier molecular flexibility index (Phi) is 5.66. The van der Waals surface area contributed by atoms with E-state index in [-0.39, 0.29) is 6.61 Å². The van der Waals surface area contributed by atoms with Crippen molar-refractivity contribution in [2.24, 2.45) is 0 Å². The predicted molar refractivity (Wildman–Crippen MR) is 87.2 cm³/mol. The highest BCUT2D eigenvalue weighted by molar-refractivity contribution is 6.30. The van der Waals surface area contributed by atoms with Crippen LogP contribution in [-0.2, 0) is 6.42 Å². The van der Waals surface area contributed by atoms with E-state index < -0.39 is 6.10 Å². The Balaban J connectivity index is 1.83. The van der Waals surface area contributed by atoms with Crippen LogP contribution in [0.3, 0.4) is 0 Å². The Morgan fingerprint density at radius 2 is 1.62 bits per heavy atom. The summed E-state index contributed by atoms with van der Waals surface area (Å²) in [4.78, 5) is 0. The van der Waals surface area contributed by atoms with Crippen LogP contribution >= 0.6 is 11.6 Å². The second kappa shape index (κ2) is 7.48. The number of aliphatic hydroxyl groups is 1. The van der Waals surface area contributed by atoms with Gasteiger partial charge < -0.3 is 9.84 Å². The summed E-state index contributed by atoms with van der Waals surface area (Å²) in [6.07, 6.45) is 0.0666. The van der Waals surface area contributed by atoms with Crippen molar-refractivity contribution in [2.45, 2.75) is 32.3 Å². The fraction of sp³-hybridized carbons (Fsp3) is 0.333. The molecule has 2 aromatic carbocycles. The average Bonchev–Trinajstić information content (AvgIpc) is 2.47. The molecule has 2 aromatic rings. The predicted octanol–water partition coefficient (Wildman–Crippen LogP) is 4.45. The van der Waals surface area contributed by atoms with Crippen molar-refractivity contribution in [2.75, 3.05) is 6.61 Å². The van der Waals surface area contributed by atoms with Gasteiger partial charge in [0.1, 0.15) is 12.4 Å². The largest absolute Gasteiger partial charge is 0.491 e. The van der Waals surface area contributed by atoms with Gasteiger partial charge in [0.25, 0.3) is 0 Å². The Morgan fingerprint density at radius 3 is 2.19 bits per heavy atom. The summed E-state index contributed by atoms with van der Waals surface area (Å²) in [7, 11) is 0. The summed E-state index contributed by atoms with van der Waals surface area (Å²) >= 11 is 5.81. The second-order valence-electron chi connectivity index (χ2n) is 5.52. The van der Waals surface area contributed by atoms with Gasteiger partial charge >= 0.3 is 0 Å². The van der Waals surface area contributed by atoms with E-state index in [4.69, 9.17) is 16.3 Å². The molecule has 2 rings (SSSR count). The molecular weight excluding hydrogens is 284 g/mol. The molecule has 2 nitrogen and oxygen atoms in total. The molecule has 0 aliphatic rings. The van der Waals surface area contributed by atoms with E-state index in [2.05, 4.69) is 38.1 Å². The van der Waals surface area contributed by atoms with Crippen LogP contribution in [0.25, 0.3) is 0 Å². The van der Waals surface area contributed by atoms with Gasteiger partial charge in [0.2, 0.25) is 0 Å². The number of aliphatic hydroxyl groups excluding tert-OH is 1. The number of hydrogen-bond donors (Lipinski definition) is 1. The molecule has 0 amide bonds. The third kappa shape index (κ3) is 5.07. The van der Waals surface area contributed by atoms with E-state index in [1.807, 2.05) is 0 Å². The lowest BCUT2D eigenvalue weighted by atomic mass is 10.00. The average molecular weight is 305 g/mol. The summed E-state index contributed by atoms with van der Waals surface area (Å²) in [5, 5.41) is 10.7. The minimum absolute atomic E-state index is 0.271. The summed E-state index contributed by atoms with van der Waals surface area (Å²) in [6, 6.07) is 15.5. The highest BCUT2D eigenvalue weighted by Crippen LogP contribution is 2.17. The lowest BCUT2D eigenvalue weighted by Gasteiger charge is -2.13. The van der Waals surface area contributed by atoms with Crippen LogP contribution in [-0.4, -0.2) is 17.8 Å². The molecule has 1 unspecified atom stereocenters. The monoisotopic (exact) mass is 304 g/mol. The third-order valence-electron chi connectivity index (χ3n) is 3.37. The molecular formula is C18H21ClO2. The zero-order valence-corrected chi connectivity index (χ0v) is 13.2. The topological polar surface area (TPSA) is 29.5 Å². The molecule has 0 radical (unpaired) electrons. The zero-order valence-electron chi connectivity index (χ0n) is 12.4. The Bertz CT molecular complexity index is 546. The lowest BCUT2D eigenvalue weighted by Crippen LogP contribution is -2.20. The Labute approximate surface area is 131 Å². The van der Waals surface area contributed by atoms with Crippen molar-refractivity contribution < 1.29 is 9.84 Å². The lowest BCUT2D eigenvalue weighted by molar-refractivity contribution is 0.108. The minimum Gasteiger partial charge on any atom is -0.491 e. The first-order valence-corrected chi connectivity index (χ1v) is 7.57. The standard InChI is InChI=1S/C18H21ClO2/c1-13(2)15-5-3-14(4-6-15)11-17(20)12-21-18-9-7-16(19)8-10-18/h3-10,13,17,20H,11-12H2,1-2H3. The van der Waals surface area contributed by atoms with Crippen LogP contribution in [0.4, 0.5) is 0 Å². The molecule has 0 saturated heterocycles. The molecule has 0 aliphatic heterocycles. The maximum atomic E-state index is 10.0. The fourth-order valence-corrected chi connectivity index (χ4v) is 2.22. The van der Waals surface area contributed by atoms with E-state index in [9.17, 15) is 5.11 Å². The molecule has 0 aromatic heterocycles. The first-order valence-electron chi connectivity index (χ1n) is 7.20. The van der Waals surface area contributed by atoms with Gasteiger partial charge in [0.05, 0.1) is 6.10 Å². The molecule has 0 heterocycles. The summed E-state index contributed by atoms with van der Waals surface area (Å²) in [5.41, 5.74) is 2.43. The number of benzene rings is 2. The normalized spacial score (nSPS) is 12.4. The molecule has 0 spiro atoms. The number of halogens is 1. The van der Waals surface area contributed by atoms with Gasteiger partial charge in [0.15, 0.2) is 0 Å². The molecule has 1 N–H and O–H groups in total. The zero-order chi connectivity index (χ0) is 15.2. The molecule has 21 heavy (non-hydrogen) atoms. The van der Waals surface area contributed by atoms with E-state index in [1.165, 1.54) is 5.56 Å². The number of hydrogen-bond acceptors (Lipinski definition) is 2. The first kappa shape index (κ1) is 15.9. The van der Waals surface area contributed by atoms with Gasteiger partial charge in [-0.15, -0.1) is 0 Å². The first-order chi connectivity index (χ1) is 10.0. The summed E-state index contributed by atoms with van der Waals surface area (Å²) in [5.74, 6) is 1.24. The molecule has 1 atom stereocenters. The van der Waals surface area contributed by atoms with Crippen molar-refractivity contribution in [1.82, 2.24) is 0 Å². The van der Waals surface area contributed by atoms with Crippen LogP contribution in [0, 0.1) is 0 Å². The molecule has 0 aliphatic carbocycles. The van der Waals surface area contributed by atoms with Crippen LogP contribution < -0.4 is 4.74 Å². The van der Waals surface area contributed by atoms with Gasteiger partial charge in [0, 0.05) is 11.4 Å². The number of rotatable bonds is 6. The smallest absolute Gasteiger partial charge is 0.119 e. The maximum absolute atomic E-state index is 10.0. The van der Waals surface area contributed by atoms with Gasteiger partial charge in [-0.25, -0.2) is 0 Å². The molecule has 0 bridgehead atoms. The molecule has 3 heteroatoms. The van der Waals surface area contributed by atoms with Gasteiger partial charge in [-0.1, -0.05) is 49.7 Å². The highest BCUT2D eigenvalue weighted by atomic mass is 35.5. The summed E-state index contributed by atoms with van der Waals surface area (Å²) < 4.78 is 5.55. The van der Waals surface area contributed by atoms with Crippen LogP contribution in [0.1, 0.15) is 30.9 Å². The molecule has 0 saturated carbocycles. The van der Waals surface area contributed by atoms with Crippen molar-refractivity contribution in [3.8, 4) is 5.75 Å². The van der Waals surface area contributed by atoms with E-state index in [0.29, 0.717) is 23.1 Å². The Hall–Kier alpha value is -1.51. The molecule has 0 fully saturated rings. The van der Waals surface area contributed by atoms with Crippen LogP contribution in [0.15, 0.2) is 48.5 Å². The van der Waals surface area contributed by atoms with Gasteiger partial charge in [-0.3, -0.25) is 0 Å². The highest BCUT2D eigenvalue weighted by Gasteiger charge is 2.07. The van der Waals surface area contributed by atoms with Crippen molar-refractivity contribution in [3.63, 3.8) is 0 Å². The minimum atomic E-state index is -0.523. The van der Waals surface area contributed by atoms with Crippen molar-refractivity contribution >= 4 is 11.6 Å². The van der Waals surface area contributed by atoms with Gasteiger partial charge in [-0.05, 0) is 41.3 Å². The van der Waals surface area contributed by atoms with Crippen molar-refractivity contribution in [1.29, 1.82) is 0 Å². The van der Waals surface area contributed by atoms with E-state index >= 15 is 0 Å². The van der Waals surface area contributed by atoms with Crippen LogP contribution in [0.2, 0.25) is 5.02 Å². The second-order valence-corrected chi connectivity index (χ2v) is 5.96. The third-order valence-corrected chi connectivity index (χ3v) is 3.63. The maximum Gasteiger partial charge on any atom is 0.119 e. The Morgan fingerprint density at radius 1 is 1.00 bits per heavy atom. The fourth-order valence-electron chi connectivity index (χ4n) is 2.09.